The summed E-state index contributed by atoms with van der Waals surface area (Å²) in [7, 11) is 0. The van der Waals surface area contributed by atoms with Crippen molar-refractivity contribution in [2.45, 2.75) is 25.8 Å². The summed E-state index contributed by atoms with van der Waals surface area (Å²) >= 11 is 0. The first kappa shape index (κ1) is 11.1. The number of amides is 1. The first-order valence-corrected chi connectivity index (χ1v) is 5.74. The third kappa shape index (κ3) is 1.95. The van der Waals surface area contributed by atoms with E-state index in [-0.39, 0.29) is 11.9 Å². The van der Waals surface area contributed by atoms with Crippen LogP contribution in [0.1, 0.15) is 30.3 Å². The van der Waals surface area contributed by atoms with Crippen molar-refractivity contribution in [3.63, 3.8) is 0 Å². The van der Waals surface area contributed by atoms with Crippen molar-refractivity contribution in [2.75, 3.05) is 13.1 Å². The number of carbonyl (C=O) groups is 1. The Kier molecular flexibility index (Phi) is 3.24. The van der Waals surface area contributed by atoms with Crippen LogP contribution in [0.2, 0.25) is 0 Å². The van der Waals surface area contributed by atoms with Gasteiger partial charge in [0, 0.05) is 25.3 Å². The summed E-state index contributed by atoms with van der Waals surface area (Å²) in [6.07, 6.45) is 3.80. The Morgan fingerprint density at radius 3 is 3.19 bits per heavy atom. The Balaban J connectivity index is 2.15. The van der Waals surface area contributed by atoms with Gasteiger partial charge in [0.05, 0.1) is 0 Å². The lowest BCUT2D eigenvalue weighted by Gasteiger charge is -2.39. The number of nitrogens with two attached hydrogens (primary N) is 1. The van der Waals surface area contributed by atoms with Gasteiger partial charge in [-0.15, -0.1) is 0 Å². The number of hydrogen-bond donors (Lipinski definition) is 2. The molecule has 1 aliphatic rings. The number of aromatic nitrogens is 2. The van der Waals surface area contributed by atoms with E-state index in [0.717, 1.165) is 19.4 Å². The molecule has 1 fully saturated rings. The maximum atomic E-state index is 12.2. The zero-order valence-electron chi connectivity index (χ0n) is 9.52. The van der Waals surface area contributed by atoms with E-state index in [1.54, 1.807) is 12.3 Å². The summed E-state index contributed by atoms with van der Waals surface area (Å²) in [6.45, 7) is 3.48. The quantitative estimate of drug-likeness (QED) is 0.769. The second kappa shape index (κ2) is 4.65. The standard InChI is InChI=1S/C11H18N4O/c1-8-3-2-6-15(10(8)7-12)11(16)9-4-5-13-14-9/h4-5,8,10H,2-3,6-7,12H2,1H3,(H,13,14). The van der Waals surface area contributed by atoms with Crippen LogP contribution in [-0.4, -0.2) is 40.1 Å². The third-order valence-corrected chi connectivity index (χ3v) is 3.35. The largest absolute Gasteiger partial charge is 0.333 e. The minimum atomic E-state index is 0.0134. The number of aromatic amines is 1. The van der Waals surface area contributed by atoms with Gasteiger partial charge in [-0.25, -0.2) is 0 Å². The summed E-state index contributed by atoms with van der Waals surface area (Å²) in [4.78, 5) is 14.1. The zero-order valence-corrected chi connectivity index (χ0v) is 9.52. The average molecular weight is 222 g/mol. The Labute approximate surface area is 95.0 Å². The summed E-state index contributed by atoms with van der Waals surface area (Å²) in [6, 6.07) is 1.86. The minimum absolute atomic E-state index is 0.0134. The summed E-state index contributed by atoms with van der Waals surface area (Å²) in [5, 5.41) is 6.52. The molecule has 16 heavy (non-hydrogen) atoms. The van der Waals surface area contributed by atoms with E-state index in [1.807, 2.05) is 4.90 Å². The molecule has 0 saturated carbocycles. The molecular formula is C11H18N4O. The van der Waals surface area contributed by atoms with Gasteiger partial charge < -0.3 is 10.6 Å². The molecule has 0 radical (unpaired) electrons. The highest BCUT2D eigenvalue weighted by molar-refractivity contribution is 5.92. The molecular weight excluding hydrogens is 204 g/mol. The molecule has 2 rings (SSSR count). The molecule has 2 heterocycles. The maximum absolute atomic E-state index is 12.2. The number of piperidine rings is 1. The van der Waals surface area contributed by atoms with Crippen molar-refractivity contribution in [2.24, 2.45) is 11.7 Å². The lowest BCUT2D eigenvalue weighted by Crippen LogP contribution is -2.51. The number of nitrogens with zero attached hydrogens (tertiary/aromatic N) is 2. The Morgan fingerprint density at radius 2 is 2.56 bits per heavy atom. The van der Waals surface area contributed by atoms with Crippen LogP contribution in [0.4, 0.5) is 0 Å². The van der Waals surface area contributed by atoms with Crippen molar-refractivity contribution in [3.8, 4) is 0 Å². The van der Waals surface area contributed by atoms with E-state index in [0.29, 0.717) is 18.2 Å². The van der Waals surface area contributed by atoms with Crippen LogP contribution in [-0.2, 0) is 0 Å². The summed E-state index contributed by atoms with van der Waals surface area (Å²) in [5.41, 5.74) is 6.30. The summed E-state index contributed by atoms with van der Waals surface area (Å²) < 4.78 is 0. The molecule has 1 aliphatic heterocycles. The lowest BCUT2D eigenvalue weighted by molar-refractivity contribution is 0.0526. The number of H-pyrrole nitrogens is 1. The van der Waals surface area contributed by atoms with Gasteiger partial charge in [-0.2, -0.15) is 5.10 Å². The number of hydrogen-bond acceptors (Lipinski definition) is 3. The molecule has 1 saturated heterocycles. The highest BCUT2D eigenvalue weighted by Crippen LogP contribution is 2.23. The second-order valence-electron chi connectivity index (χ2n) is 4.39. The van der Waals surface area contributed by atoms with E-state index in [4.69, 9.17) is 5.73 Å². The van der Waals surface area contributed by atoms with Gasteiger partial charge >= 0.3 is 0 Å². The van der Waals surface area contributed by atoms with Crippen molar-refractivity contribution in [1.29, 1.82) is 0 Å². The molecule has 5 nitrogen and oxygen atoms in total. The van der Waals surface area contributed by atoms with Crippen LogP contribution in [0.15, 0.2) is 12.3 Å². The van der Waals surface area contributed by atoms with Gasteiger partial charge in [-0.05, 0) is 24.8 Å². The maximum Gasteiger partial charge on any atom is 0.272 e. The van der Waals surface area contributed by atoms with Gasteiger partial charge in [-0.1, -0.05) is 6.92 Å². The van der Waals surface area contributed by atoms with Crippen LogP contribution in [0.3, 0.4) is 0 Å². The Bertz CT molecular complexity index is 349. The fourth-order valence-corrected chi connectivity index (χ4v) is 2.39. The van der Waals surface area contributed by atoms with Crippen LogP contribution < -0.4 is 5.73 Å². The highest BCUT2D eigenvalue weighted by Gasteiger charge is 2.31. The summed E-state index contributed by atoms with van der Waals surface area (Å²) in [5.74, 6) is 0.491. The number of rotatable bonds is 2. The number of nitrogens with one attached hydrogen (secondary N) is 1. The molecule has 3 N–H and O–H groups in total. The third-order valence-electron chi connectivity index (χ3n) is 3.35. The fraction of sp³-hybridized carbons (Fsp3) is 0.636. The lowest BCUT2D eigenvalue weighted by atomic mass is 9.90. The molecule has 1 amide bonds. The molecule has 0 aliphatic carbocycles. The number of carbonyl (C=O) groups excluding carboxylic acids is 1. The topological polar surface area (TPSA) is 75.0 Å². The first-order valence-electron chi connectivity index (χ1n) is 5.74. The monoisotopic (exact) mass is 222 g/mol. The van der Waals surface area contributed by atoms with Crippen molar-refractivity contribution in [1.82, 2.24) is 15.1 Å². The second-order valence-corrected chi connectivity index (χ2v) is 4.39. The highest BCUT2D eigenvalue weighted by atomic mass is 16.2. The minimum Gasteiger partial charge on any atom is -0.333 e. The van der Waals surface area contributed by atoms with Crippen LogP contribution in [0.25, 0.3) is 0 Å². The molecule has 5 heteroatoms. The Hall–Kier alpha value is -1.36. The van der Waals surface area contributed by atoms with Gasteiger partial charge in [0.1, 0.15) is 5.69 Å². The molecule has 2 unspecified atom stereocenters. The smallest absolute Gasteiger partial charge is 0.272 e. The molecule has 0 spiro atoms. The van der Waals surface area contributed by atoms with E-state index in [9.17, 15) is 4.79 Å². The van der Waals surface area contributed by atoms with Crippen LogP contribution in [0, 0.1) is 5.92 Å². The number of likely N-dealkylation sites (tertiary alicyclic amines) is 1. The van der Waals surface area contributed by atoms with Crippen molar-refractivity contribution >= 4 is 5.91 Å². The van der Waals surface area contributed by atoms with E-state index >= 15 is 0 Å². The predicted molar refractivity (Wildman–Crippen MR) is 60.9 cm³/mol. The van der Waals surface area contributed by atoms with E-state index in [2.05, 4.69) is 17.1 Å². The fourth-order valence-electron chi connectivity index (χ4n) is 2.39. The van der Waals surface area contributed by atoms with Crippen LogP contribution in [0.5, 0.6) is 0 Å². The van der Waals surface area contributed by atoms with E-state index < -0.39 is 0 Å². The predicted octanol–water partition coefficient (Wildman–Crippen LogP) is 0.609. The van der Waals surface area contributed by atoms with Gasteiger partial charge in [0.25, 0.3) is 5.91 Å². The average Bonchev–Trinajstić information content (AvgIpc) is 2.81. The molecule has 0 aromatic carbocycles. The van der Waals surface area contributed by atoms with Crippen molar-refractivity contribution < 1.29 is 4.79 Å². The zero-order chi connectivity index (χ0) is 11.5. The molecule has 88 valence electrons. The normalized spacial score (nSPS) is 25.8. The Morgan fingerprint density at radius 1 is 1.75 bits per heavy atom. The van der Waals surface area contributed by atoms with E-state index in [1.165, 1.54) is 0 Å². The first-order chi connectivity index (χ1) is 7.74. The molecule has 0 bridgehead atoms. The molecule has 1 aromatic rings. The van der Waals surface area contributed by atoms with Crippen molar-refractivity contribution in [3.05, 3.63) is 18.0 Å². The van der Waals surface area contributed by atoms with Crippen LogP contribution >= 0.6 is 0 Å². The van der Waals surface area contributed by atoms with Gasteiger partial charge in [0.2, 0.25) is 0 Å². The molecule has 2 atom stereocenters. The van der Waals surface area contributed by atoms with Gasteiger partial charge in [-0.3, -0.25) is 9.89 Å². The SMILES string of the molecule is CC1CCCN(C(=O)c2ccn[nH]2)C1CN. The van der Waals surface area contributed by atoms with Gasteiger partial charge in [0.15, 0.2) is 0 Å². The molecule has 1 aromatic heterocycles.